The average molecular weight is 214 g/mol. The molecule has 0 rings (SSSR count). The minimum absolute atomic E-state index is 0.00582. The van der Waals surface area contributed by atoms with Crippen LogP contribution >= 0.6 is 0 Å². The Balaban J connectivity index is 4.12. The SMILES string of the molecule is CCCN(CCC)C(=O)CC(N)C(C)C. The first-order valence-electron chi connectivity index (χ1n) is 6.06. The van der Waals surface area contributed by atoms with Gasteiger partial charge in [-0.25, -0.2) is 0 Å². The van der Waals surface area contributed by atoms with E-state index in [-0.39, 0.29) is 11.9 Å². The zero-order valence-electron chi connectivity index (χ0n) is 10.6. The van der Waals surface area contributed by atoms with Gasteiger partial charge in [-0.05, 0) is 18.8 Å². The van der Waals surface area contributed by atoms with Crippen molar-refractivity contribution in [2.24, 2.45) is 11.7 Å². The molecule has 3 nitrogen and oxygen atoms in total. The molecule has 0 heterocycles. The Labute approximate surface area is 94.0 Å². The molecule has 1 unspecified atom stereocenters. The summed E-state index contributed by atoms with van der Waals surface area (Å²) in [6.45, 7) is 10.0. The zero-order valence-corrected chi connectivity index (χ0v) is 10.6. The topological polar surface area (TPSA) is 46.3 Å². The molecule has 0 aliphatic heterocycles. The second-order valence-electron chi connectivity index (χ2n) is 4.49. The molecular weight excluding hydrogens is 188 g/mol. The van der Waals surface area contributed by atoms with Gasteiger partial charge in [0.1, 0.15) is 0 Å². The van der Waals surface area contributed by atoms with E-state index in [2.05, 4.69) is 27.7 Å². The molecule has 1 amide bonds. The van der Waals surface area contributed by atoms with E-state index in [4.69, 9.17) is 5.73 Å². The van der Waals surface area contributed by atoms with Gasteiger partial charge in [0.25, 0.3) is 0 Å². The summed E-state index contributed by atoms with van der Waals surface area (Å²) >= 11 is 0. The summed E-state index contributed by atoms with van der Waals surface area (Å²) < 4.78 is 0. The van der Waals surface area contributed by atoms with Gasteiger partial charge in [-0.2, -0.15) is 0 Å². The van der Waals surface area contributed by atoms with Gasteiger partial charge in [-0.1, -0.05) is 27.7 Å². The minimum Gasteiger partial charge on any atom is -0.343 e. The number of carbonyl (C=O) groups is 1. The summed E-state index contributed by atoms with van der Waals surface area (Å²) in [7, 11) is 0. The number of hydrogen-bond acceptors (Lipinski definition) is 2. The summed E-state index contributed by atoms with van der Waals surface area (Å²) in [4.78, 5) is 13.8. The molecule has 2 N–H and O–H groups in total. The first-order chi connectivity index (χ1) is 7.02. The fourth-order valence-electron chi connectivity index (χ4n) is 1.47. The Morgan fingerprint density at radius 2 is 1.67 bits per heavy atom. The van der Waals surface area contributed by atoms with Crippen molar-refractivity contribution in [3.63, 3.8) is 0 Å². The second-order valence-corrected chi connectivity index (χ2v) is 4.49. The van der Waals surface area contributed by atoms with Crippen LogP contribution in [0.4, 0.5) is 0 Å². The summed E-state index contributed by atoms with van der Waals surface area (Å²) in [5.41, 5.74) is 5.90. The fraction of sp³-hybridized carbons (Fsp3) is 0.917. The van der Waals surface area contributed by atoms with Crippen molar-refractivity contribution >= 4 is 5.91 Å². The lowest BCUT2D eigenvalue weighted by Gasteiger charge is -2.24. The van der Waals surface area contributed by atoms with Crippen LogP contribution < -0.4 is 5.73 Å². The van der Waals surface area contributed by atoms with Gasteiger partial charge in [0.15, 0.2) is 0 Å². The lowest BCUT2D eigenvalue weighted by atomic mass is 10.0. The second kappa shape index (κ2) is 7.69. The van der Waals surface area contributed by atoms with Crippen LogP contribution in [0.15, 0.2) is 0 Å². The highest BCUT2D eigenvalue weighted by Crippen LogP contribution is 2.06. The normalized spacial score (nSPS) is 12.9. The lowest BCUT2D eigenvalue weighted by Crippen LogP contribution is -2.38. The molecule has 0 spiro atoms. The third-order valence-corrected chi connectivity index (χ3v) is 2.61. The maximum Gasteiger partial charge on any atom is 0.224 e. The Bertz CT molecular complexity index is 174. The third-order valence-electron chi connectivity index (χ3n) is 2.61. The molecule has 0 aliphatic rings. The van der Waals surface area contributed by atoms with E-state index >= 15 is 0 Å². The van der Waals surface area contributed by atoms with Crippen LogP contribution in [0.5, 0.6) is 0 Å². The highest BCUT2D eigenvalue weighted by Gasteiger charge is 2.17. The van der Waals surface area contributed by atoms with Crippen LogP contribution in [0.2, 0.25) is 0 Å². The quantitative estimate of drug-likeness (QED) is 0.704. The number of hydrogen-bond donors (Lipinski definition) is 1. The molecule has 0 fully saturated rings. The number of amides is 1. The molecule has 0 aromatic heterocycles. The molecule has 3 heteroatoms. The fourth-order valence-corrected chi connectivity index (χ4v) is 1.47. The molecule has 1 atom stereocenters. The van der Waals surface area contributed by atoms with Crippen molar-refractivity contribution in [2.45, 2.75) is 53.0 Å². The Kier molecular flexibility index (Phi) is 7.39. The van der Waals surface area contributed by atoms with E-state index < -0.39 is 0 Å². The summed E-state index contributed by atoms with van der Waals surface area (Å²) in [6.07, 6.45) is 2.52. The molecular formula is C12H26N2O. The molecule has 0 saturated carbocycles. The molecule has 0 radical (unpaired) electrons. The van der Waals surface area contributed by atoms with Crippen LogP contribution in [0, 0.1) is 5.92 Å². The smallest absolute Gasteiger partial charge is 0.224 e. The van der Waals surface area contributed by atoms with Gasteiger partial charge in [-0.15, -0.1) is 0 Å². The average Bonchev–Trinajstić information content (AvgIpc) is 2.17. The zero-order chi connectivity index (χ0) is 11.8. The van der Waals surface area contributed by atoms with Crippen molar-refractivity contribution in [2.75, 3.05) is 13.1 Å². The monoisotopic (exact) mass is 214 g/mol. The van der Waals surface area contributed by atoms with Crippen molar-refractivity contribution in [3.8, 4) is 0 Å². The van der Waals surface area contributed by atoms with E-state index in [9.17, 15) is 4.79 Å². The van der Waals surface area contributed by atoms with Crippen molar-refractivity contribution in [3.05, 3.63) is 0 Å². The van der Waals surface area contributed by atoms with E-state index in [0.717, 1.165) is 25.9 Å². The molecule has 0 aliphatic carbocycles. The number of rotatable bonds is 7. The first-order valence-corrected chi connectivity index (χ1v) is 6.06. The summed E-state index contributed by atoms with van der Waals surface area (Å²) in [6, 6.07) is -0.00582. The minimum atomic E-state index is -0.00582. The number of carbonyl (C=O) groups excluding carboxylic acids is 1. The van der Waals surface area contributed by atoms with Crippen molar-refractivity contribution in [1.82, 2.24) is 4.90 Å². The molecule has 0 aromatic rings. The van der Waals surface area contributed by atoms with Gasteiger partial charge in [0.2, 0.25) is 5.91 Å². The molecule has 0 saturated heterocycles. The van der Waals surface area contributed by atoms with E-state index in [0.29, 0.717) is 12.3 Å². The van der Waals surface area contributed by atoms with Crippen molar-refractivity contribution in [1.29, 1.82) is 0 Å². The highest BCUT2D eigenvalue weighted by atomic mass is 16.2. The van der Waals surface area contributed by atoms with Crippen molar-refractivity contribution < 1.29 is 4.79 Å². The van der Waals surface area contributed by atoms with E-state index in [1.165, 1.54) is 0 Å². The first kappa shape index (κ1) is 14.4. The predicted octanol–water partition coefficient (Wildman–Crippen LogP) is 2.01. The lowest BCUT2D eigenvalue weighted by molar-refractivity contribution is -0.131. The Hall–Kier alpha value is -0.570. The molecule has 90 valence electrons. The van der Waals surface area contributed by atoms with Gasteiger partial charge in [0.05, 0.1) is 0 Å². The maximum atomic E-state index is 11.9. The predicted molar refractivity (Wildman–Crippen MR) is 64.6 cm³/mol. The van der Waals surface area contributed by atoms with Crippen LogP contribution in [0.1, 0.15) is 47.0 Å². The van der Waals surface area contributed by atoms with Gasteiger partial charge in [0, 0.05) is 25.6 Å². The number of nitrogens with two attached hydrogens (primary N) is 1. The van der Waals surface area contributed by atoms with E-state index in [1.807, 2.05) is 4.90 Å². The van der Waals surface area contributed by atoms with Crippen LogP contribution in [-0.2, 0) is 4.79 Å². The molecule has 15 heavy (non-hydrogen) atoms. The van der Waals surface area contributed by atoms with E-state index in [1.54, 1.807) is 0 Å². The van der Waals surface area contributed by atoms with Crippen LogP contribution in [0.25, 0.3) is 0 Å². The van der Waals surface area contributed by atoms with Gasteiger partial charge < -0.3 is 10.6 Å². The third kappa shape index (κ3) is 5.78. The Morgan fingerprint density at radius 3 is 2.00 bits per heavy atom. The van der Waals surface area contributed by atoms with Crippen LogP contribution in [0.3, 0.4) is 0 Å². The number of nitrogens with zero attached hydrogens (tertiary/aromatic N) is 1. The summed E-state index contributed by atoms with van der Waals surface area (Å²) in [5.74, 6) is 0.582. The largest absolute Gasteiger partial charge is 0.343 e. The molecule has 0 bridgehead atoms. The molecule has 0 aromatic carbocycles. The van der Waals surface area contributed by atoms with Crippen LogP contribution in [-0.4, -0.2) is 29.9 Å². The van der Waals surface area contributed by atoms with Gasteiger partial charge in [-0.3, -0.25) is 4.79 Å². The highest BCUT2D eigenvalue weighted by molar-refractivity contribution is 5.76. The standard InChI is InChI=1S/C12H26N2O/c1-5-7-14(8-6-2)12(15)9-11(13)10(3)4/h10-11H,5-9,13H2,1-4H3. The maximum absolute atomic E-state index is 11.9. The summed E-state index contributed by atoms with van der Waals surface area (Å²) in [5, 5.41) is 0. The Morgan fingerprint density at radius 1 is 1.20 bits per heavy atom. The van der Waals surface area contributed by atoms with Gasteiger partial charge >= 0.3 is 0 Å².